The van der Waals surface area contributed by atoms with E-state index >= 15 is 0 Å². The van der Waals surface area contributed by atoms with E-state index in [2.05, 4.69) is 28.7 Å². The Hall–Kier alpha value is -1.98. The molecule has 1 aromatic rings. The van der Waals surface area contributed by atoms with E-state index in [-0.39, 0.29) is 11.5 Å². The zero-order chi connectivity index (χ0) is 11.8. The highest BCUT2D eigenvalue weighted by atomic mass is 15.2. The summed E-state index contributed by atoms with van der Waals surface area (Å²) in [7, 11) is 0. The van der Waals surface area contributed by atoms with Crippen molar-refractivity contribution in [3.05, 3.63) is 51.2 Å². The highest BCUT2D eigenvalue weighted by Crippen LogP contribution is 2.48. The third kappa shape index (κ3) is 1.52. The van der Waals surface area contributed by atoms with Crippen molar-refractivity contribution < 1.29 is 0 Å². The molecule has 80 valence electrons. The lowest BCUT2D eigenvalue weighted by Crippen LogP contribution is -2.15. The lowest BCUT2D eigenvalue weighted by atomic mass is 9.86. The summed E-state index contributed by atoms with van der Waals surface area (Å²) in [5.74, 6) is 0. The second kappa shape index (κ2) is 3.55. The first-order chi connectivity index (χ1) is 7.58. The van der Waals surface area contributed by atoms with Crippen LogP contribution < -0.4 is 0 Å². The van der Waals surface area contributed by atoms with Crippen LogP contribution in [0.15, 0.2) is 23.3 Å². The van der Waals surface area contributed by atoms with Crippen molar-refractivity contribution in [2.75, 3.05) is 0 Å². The van der Waals surface area contributed by atoms with Crippen molar-refractivity contribution in [2.45, 2.75) is 26.3 Å². The minimum absolute atomic E-state index is 0.0603. The molecule has 0 radical (unpaired) electrons. The van der Waals surface area contributed by atoms with Gasteiger partial charge in [-0.05, 0) is 28.5 Å². The standard InChI is InChI=1S/C12H12N4/c1-12(2)7-8-4-5-9(14-3)6-10(8)11(12)15-16-13/h4-6,11H,7H2,1-2H3. The summed E-state index contributed by atoms with van der Waals surface area (Å²) < 4.78 is 0. The van der Waals surface area contributed by atoms with Gasteiger partial charge < -0.3 is 0 Å². The van der Waals surface area contributed by atoms with Crippen LogP contribution in [0.4, 0.5) is 5.69 Å². The summed E-state index contributed by atoms with van der Waals surface area (Å²) in [6.45, 7) is 11.2. The fraction of sp³-hybridized carbons (Fsp3) is 0.417. The van der Waals surface area contributed by atoms with Crippen LogP contribution in [-0.2, 0) is 6.42 Å². The van der Waals surface area contributed by atoms with Gasteiger partial charge in [-0.2, -0.15) is 0 Å². The Morgan fingerprint density at radius 3 is 2.88 bits per heavy atom. The van der Waals surface area contributed by atoms with Crippen LogP contribution in [-0.4, -0.2) is 0 Å². The molecule has 0 heterocycles. The molecular weight excluding hydrogens is 200 g/mol. The number of fused-ring (bicyclic) bond motifs is 1. The number of hydrogen-bond acceptors (Lipinski definition) is 1. The molecule has 2 rings (SSSR count). The molecule has 0 saturated carbocycles. The van der Waals surface area contributed by atoms with Crippen LogP contribution in [0.1, 0.15) is 31.0 Å². The Labute approximate surface area is 94.4 Å². The predicted octanol–water partition coefficient (Wildman–Crippen LogP) is 4.17. The van der Waals surface area contributed by atoms with Gasteiger partial charge in [0.05, 0.1) is 12.6 Å². The SMILES string of the molecule is [C-]#[N+]c1ccc2c(c1)C(N=[N+]=[N-])C(C)(C)C2. The summed E-state index contributed by atoms with van der Waals surface area (Å²) >= 11 is 0. The van der Waals surface area contributed by atoms with E-state index in [1.165, 1.54) is 5.56 Å². The van der Waals surface area contributed by atoms with E-state index in [1.807, 2.05) is 18.2 Å². The van der Waals surface area contributed by atoms with E-state index in [9.17, 15) is 0 Å². The maximum Gasteiger partial charge on any atom is 0.187 e. The molecular formula is C12H12N4. The second-order valence-electron chi connectivity index (χ2n) is 4.77. The number of benzene rings is 1. The summed E-state index contributed by atoms with van der Waals surface area (Å²) in [5.41, 5.74) is 11.4. The molecule has 0 spiro atoms. The van der Waals surface area contributed by atoms with Gasteiger partial charge in [-0.3, -0.25) is 0 Å². The molecule has 0 fully saturated rings. The molecule has 0 saturated heterocycles. The monoisotopic (exact) mass is 212 g/mol. The van der Waals surface area contributed by atoms with Gasteiger partial charge in [0.2, 0.25) is 0 Å². The number of nitrogens with zero attached hydrogens (tertiary/aromatic N) is 4. The van der Waals surface area contributed by atoms with E-state index in [1.54, 1.807) is 0 Å². The average Bonchev–Trinajstić information content (AvgIpc) is 2.50. The van der Waals surface area contributed by atoms with Gasteiger partial charge in [-0.1, -0.05) is 37.2 Å². The van der Waals surface area contributed by atoms with Crippen molar-refractivity contribution in [1.29, 1.82) is 0 Å². The van der Waals surface area contributed by atoms with Crippen LogP contribution in [0.3, 0.4) is 0 Å². The molecule has 1 aliphatic carbocycles. The maximum absolute atomic E-state index is 8.61. The first-order valence-electron chi connectivity index (χ1n) is 5.13. The Balaban J connectivity index is 2.57. The van der Waals surface area contributed by atoms with Gasteiger partial charge >= 0.3 is 0 Å². The topological polar surface area (TPSA) is 53.1 Å². The molecule has 1 unspecified atom stereocenters. The van der Waals surface area contributed by atoms with Crippen molar-refractivity contribution in [2.24, 2.45) is 10.5 Å². The zero-order valence-electron chi connectivity index (χ0n) is 9.31. The summed E-state index contributed by atoms with van der Waals surface area (Å²) in [5, 5.41) is 3.87. The van der Waals surface area contributed by atoms with Crippen molar-refractivity contribution in [3.8, 4) is 0 Å². The van der Waals surface area contributed by atoms with E-state index in [0.29, 0.717) is 5.69 Å². The van der Waals surface area contributed by atoms with Crippen LogP contribution in [0.5, 0.6) is 0 Å². The largest absolute Gasteiger partial charge is 0.238 e. The Morgan fingerprint density at radius 2 is 2.25 bits per heavy atom. The van der Waals surface area contributed by atoms with E-state index < -0.39 is 0 Å². The minimum atomic E-state index is -0.158. The Morgan fingerprint density at radius 1 is 1.50 bits per heavy atom. The van der Waals surface area contributed by atoms with Gasteiger partial charge in [-0.25, -0.2) is 4.85 Å². The summed E-state index contributed by atoms with van der Waals surface area (Å²) in [6.07, 6.45) is 0.893. The third-order valence-corrected chi connectivity index (χ3v) is 3.11. The Kier molecular flexibility index (Phi) is 2.34. The molecule has 1 aliphatic rings. The molecule has 0 bridgehead atoms. The number of hydrogen-bond donors (Lipinski definition) is 0. The molecule has 0 aromatic heterocycles. The highest BCUT2D eigenvalue weighted by molar-refractivity contribution is 5.52. The molecule has 0 amide bonds. The normalized spacial score (nSPS) is 20.7. The van der Waals surface area contributed by atoms with Crippen LogP contribution in [0, 0.1) is 12.0 Å². The smallest absolute Gasteiger partial charge is 0.187 e. The van der Waals surface area contributed by atoms with Crippen LogP contribution in [0.25, 0.3) is 15.3 Å². The van der Waals surface area contributed by atoms with Gasteiger partial charge in [0.25, 0.3) is 0 Å². The fourth-order valence-electron chi connectivity index (χ4n) is 2.35. The Bertz CT molecular complexity index is 518. The van der Waals surface area contributed by atoms with Crippen LogP contribution in [0.2, 0.25) is 0 Å². The third-order valence-electron chi connectivity index (χ3n) is 3.11. The van der Waals surface area contributed by atoms with Gasteiger partial charge in [-0.15, -0.1) is 0 Å². The van der Waals surface area contributed by atoms with Gasteiger partial charge in [0, 0.05) is 4.91 Å². The average molecular weight is 212 g/mol. The summed E-state index contributed by atoms with van der Waals surface area (Å²) in [6, 6.07) is 5.47. The second-order valence-corrected chi connectivity index (χ2v) is 4.77. The lowest BCUT2D eigenvalue weighted by molar-refractivity contribution is 0.318. The molecule has 16 heavy (non-hydrogen) atoms. The fourth-order valence-corrected chi connectivity index (χ4v) is 2.35. The van der Waals surface area contributed by atoms with Crippen molar-refractivity contribution >= 4 is 5.69 Å². The molecule has 1 atom stereocenters. The highest BCUT2D eigenvalue weighted by Gasteiger charge is 2.38. The molecule has 0 N–H and O–H groups in total. The lowest BCUT2D eigenvalue weighted by Gasteiger charge is -2.23. The van der Waals surface area contributed by atoms with E-state index in [0.717, 1.165) is 12.0 Å². The molecule has 0 aliphatic heterocycles. The predicted molar refractivity (Wildman–Crippen MR) is 62.1 cm³/mol. The first kappa shape index (κ1) is 10.5. The van der Waals surface area contributed by atoms with Gasteiger partial charge in [0.15, 0.2) is 5.69 Å². The molecule has 1 aromatic carbocycles. The molecule has 4 heteroatoms. The maximum atomic E-state index is 8.61. The zero-order valence-corrected chi connectivity index (χ0v) is 9.31. The molecule has 4 nitrogen and oxygen atoms in total. The quantitative estimate of drug-likeness (QED) is 0.290. The van der Waals surface area contributed by atoms with Crippen molar-refractivity contribution in [1.82, 2.24) is 0 Å². The first-order valence-corrected chi connectivity index (χ1v) is 5.13. The van der Waals surface area contributed by atoms with Crippen molar-refractivity contribution in [3.63, 3.8) is 0 Å². The van der Waals surface area contributed by atoms with E-state index in [4.69, 9.17) is 12.1 Å². The number of rotatable bonds is 1. The summed E-state index contributed by atoms with van der Waals surface area (Å²) in [4.78, 5) is 6.32. The van der Waals surface area contributed by atoms with Crippen LogP contribution >= 0.6 is 0 Å². The number of azide groups is 1. The minimum Gasteiger partial charge on any atom is -0.238 e. The van der Waals surface area contributed by atoms with Gasteiger partial charge in [0.1, 0.15) is 0 Å².